The van der Waals surface area contributed by atoms with E-state index in [4.69, 9.17) is 28.9 Å². The van der Waals surface area contributed by atoms with Crippen molar-refractivity contribution in [2.45, 2.75) is 10.8 Å². The third-order valence-electron chi connectivity index (χ3n) is 1.63. The van der Waals surface area contributed by atoms with Gasteiger partial charge in [0.25, 0.3) is 5.91 Å². The molecule has 0 bridgehead atoms. The molecule has 0 unspecified atom stereocenters. The van der Waals surface area contributed by atoms with Crippen LogP contribution in [0.2, 0.25) is 0 Å². The maximum Gasteiger partial charge on any atom is 0.254 e. The van der Waals surface area contributed by atoms with Crippen molar-refractivity contribution in [3.63, 3.8) is 0 Å². The first kappa shape index (κ1) is 10.4. The number of alkyl halides is 2. The van der Waals surface area contributed by atoms with Gasteiger partial charge in [0.05, 0.1) is 0 Å². The van der Waals surface area contributed by atoms with Gasteiger partial charge in [0.2, 0.25) is 0 Å². The van der Waals surface area contributed by atoms with Crippen LogP contribution in [0.25, 0.3) is 0 Å². The summed E-state index contributed by atoms with van der Waals surface area (Å²) in [6.07, 6.45) is 0.228. The lowest BCUT2D eigenvalue weighted by atomic mass is 10.1. The molecule has 4 heteroatoms. The fraction of sp³-hybridized carbons (Fsp3) is 0.222. The van der Waals surface area contributed by atoms with Crippen LogP contribution in [-0.2, 0) is 11.2 Å². The van der Waals surface area contributed by atoms with Gasteiger partial charge in [-0.2, -0.15) is 0 Å². The third-order valence-corrected chi connectivity index (χ3v) is 2.27. The molecule has 0 spiro atoms. The normalized spacial score (nSPS) is 11.2. The molecule has 0 saturated heterocycles. The van der Waals surface area contributed by atoms with Crippen molar-refractivity contribution in [1.29, 1.82) is 0 Å². The lowest BCUT2D eigenvalue weighted by molar-refractivity contribution is -0.118. The number of benzene rings is 1. The SMILES string of the molecule is NC(=O)C(Cl)(Cl)Cc1ccccc1. The van der Waals surface area contributed by atoms with E-state index in [2.05, 4.69) is 0 Å². The van der Waals surface area contributed by atoms with Gasteiger partial charge < -0.3 is 5.73 Å². The molecule has 0 saturated carbocycles. The van der Waals surface area contributed by atoms with Crippen LogP contribution in [0.5, 0.6) is 0 Å². The first-order chi connectivity index (χ1) is 6.02. The van der Waals surface area contributed by atoms with Crippen molar-refractivity contribution in [1.82, 2.24) is 0 Å². The predicted molar refractivity (Wildman–Crippen MR) is 53.8 cm³/mol. The molecule has 0 aromatic heterocycles. The van der Waals surface area contributed by atoms with Crippen LogP contribution in [0.15, 0.2) is 30.3 Å². The van der Waals surface area contributed by atoms with Crippen LogP contribution >= 0.6 is 23.2 Å². The summed E-state index contributed by atoms with van der Waals surface area (Å²) in [4.78, 5) is 10.8. The molecule has 0 fully saturated rings. The standard InChI is InChI=1S/C9H9Cl2NO/c10-9(11,8(12)13)6-7-4-2-1-3-5-7/h1-5H,6H2,(H2,12,13). The maximum absolute atomic E-state index is 10.8. The van der Waals surface area contributed by atoms with Gasteiger partial charge in [-0.15, -0.1) is 0 Å². The Hall–Kier alpha value is -0.730. The highest BCUT2D eigenvalue weighted by atomic mass is 35.5. The largest absolute Gasteiger partial charge is 0.367 e. The summed E-state index contributed by atoms with van der Waals surface area (Å²) in [7, 11) is 0. The quantitative estimate of drug-likeness (QED) is 0.773. The summed E-state index contributed by atoms with van der Waals surface area (Å²) < 4.78 is -1.51. The highest BCUT2D eigenvalue weighted by molar-refractivity contribution is 6.58. The summed E-state index contributed by atoms with van der Waals surface area (Å²) in [6.45, 7) is 0. The van der Waals surface area contributed by atoms with Crippen molar-refractivity contribution >= 4 is 29.1 Å². The van der Waals surface area contributed by atoms with E-state index in [1.807, 2.05) is 30.3 Å². The highest BCUT2D eigenvalue weighted by Crippen LogP contribution is 2.25. The Bertz CT molecular complexity index is 298. The fourth-order valence-electron chi connectivity index (χ4n) is 0.939. The molecule has 1 rings (SSSR count). The smallest absolute Gasteiger partial charge is 0.254 e. The van der Waals surface area contributed by atoms with Crippen LogP contribution in [-0.4, -0.2) is 10.2 Å². The van der Waals surface area contributed by atoms with Crippen LogP contribution in [0.3, 0.4) is 0 Å². The minimum absolute atomic E-state index is 0.228. The number of primary amides is 1. The summed E-state index contributed by atoms with van der Waals surface area (Å²) in [5.74, 6) is -0.723. The number of rotatable bonds is 3. The summed E-state index contributed by atoms with van der Waals surface area (Å²) >= 11 is 11.4. The van der Waals surface area contributed by atoms with Gasteiger partial charge in [0, 0.05) is 6.42 Å². The van der Waals surface area contributed by atoms with E-state index in [0.717, 1.165) is 5.56 Å². The molecule has 2 N–H and O–H groups in total. The molecule has 70 valence electrons. The highest BCUT2D eigenvalue weighted by Gasteiger charge is 2.31. The van der Waals surface area contributed by atoms with Crippen LogP contribution in [0, 0.1) is 0 Å². The molecule has 13 heavy (non-hydrogen) atoms. The van der Waals surface area contributed by atoms with Crippen LogP contribution < -0.4 is 5.73 Å². The average Bonchev–Trinajstić information content (AvgIpc) is 2.05. The molecule has 0 aliphatic carbocycles. The molecule has 0 atom stereocenters. The van der Waals surface area contributed by atoms with Crippen molar-refractivity contribution in [2.75, 3.05) is 0 Å². The predicted octanol–water partition coefficient (Wildman–Crippen LogP) is 1.89. The lowest BCUT2D eigenvalue weighted by Crippen LogP contribution is -2.35. The number of halogens is 2. The summed E-state index contributed by atoms with van der Waals surface area (Å²) in [5, 5.41) is 0. The molecular formula is C9H9Cl2NO. The second-order valence-corrected chi connectivity index (χ2v) is 4.21. The third kappa shape index (κ3) is 2.90. The first-order valence-corrected chi connectivity index (χ1v) is 4.49. The number of nitrogens with two attached hydrogens (primary N) is 1. The van der Waals surface area contributed by atoms with E-state index >= 15 is 0 Å². The molecule has 1 amide bonds. The van der Waals surface area contributed by atoms with E-state index in [0.29, 0.717) is 0 Å². The minimum atomic E-state index is -1.51. The average molecular weight is 218 g/mol. The number of carbonyl (C=O) groups is 1. The Kier molecular flexibility index (Phi) is 3.17. The van der Waals surface area contributed by atoms with Crippen molar-refractivity contribution < 1.29 is 4.79 Å². The summed E-state index contributed by atoms with van der Waals surface area (Å²) in [5.41, 5.74) is 5.90. The maximum atomic E-state index is 10.8. The molecule has 0 aliphatic rings. The van der Waals surface area contributed by atoms with Crippen molar-refractivity contribution in [3.05, 3.63) is 35.9 Å². The molecule has 1 aromatic rings. The fourth-order valence-corrected chi connectivity index (χ4v) is 1.25. The Morgan fingerprint density at radius 3 is 2.31 bits per heavy atom. The number of hydrogen-bond donors (Lipinski definition) is 1. The Morgan fingerprint density at radius 2 is 1.85 bits per heavy atom. The van der Waals surface area contributed by atoms with Crippen molar-refractivity contribution in [3.8, 4) is 0 Å². The zero-order valence-electron chi connectivity index (χ0n) is 6.84. The second kappa shape index (κ2) is 3.99. The van der Waals surface area contributed by atoms with Gasteiger partial charge in [0.1, 0.15) is 0 Å². The Labute approximate surface area is 86.6 Å². The van der Waals surface area contributed by atoms with E-state index in [1.165, 1.54) is 0 Å². The molecule has 0 aliphatic heterocycles. The molecule has 2 nitrogen and oxygen atoms in total. The van der Waals surface area contributed by atoms with Crippen LogP contribution in [0.4, 0.5) is 0 Å². The first-order valence-electron chi connectivity index (χ1n) is 3.74. The van der Waals surface area contributed by atoms with Gasteiger partial charge >= 0.3 is 0 Å². The number of amides is 1. The van der Waals surface area contributed by atoms with E-state index < -0.39 is 10.2 Å². The minimum Gasteiger partial charge on any atom is -0.367 e. The van der Waals surface area contributed by atoms with Gasteiger partial charge in [-0.25, -0.2) is 0 Å². The Balaban J connectivity index is 2.75. The van der Waals surface area contributed by atoms with Gasteiger partial charge in [-0.05, 0) is 5.56 Å². The Morgan fingerprint density at radius 1 is 1.31 bits per heavy atom. The molecular weight excluding hydrogens is 209 g/mol. The molecule has 1 aromatic carbocycles. The van der Waals surface area contributed by atoms with Crippen molar-refractivity contribution in [2.24, 2.45) is 5.73 Å². The summed E-state index contributed by atoms with van der Waals surface area (Å²) in [6, 6.07) is 9.24. The van der Waals surface area contributed by atoms with Gasteiger partial charge in [-0.3, -0.25) is 4.79 Å². The zero-order chi connectivity index (χ0) is 9.90. The number of carbonyl (C=O) groups excluding carboxylic acids is 1. The van der Waals surface area contributed by atoms with Gasteiger partial charge in [-0.1, -0.05) is 53.5 Å². The van der Waals surface area contributed by atoms with Crippen LogP contribution in [0.1, 0.15) is 5.56 Å². The second-order valence-electron chi connectivity index (χ2n) is 2.73. The van der Waals surface area contributed by atoms with E-state index in [9.17, 15) is 4.79 Å². The monoisotopic (exact) mass is 217 g/mol. The van der Waals surface area contributed by atoms with E-state index in [1.54, 1.807) is 0 Å². The lowest BCUT2D eigenvalue weighted by Gasteiger charge is -2.14. The van der Waals surface area contributed by atoms with Gasteiger partial charge in [0.15, 0.2) is 4.33 Å². The van der Waals surface area contributed by atoms with E-state index in [-0.39, 0.29) is 6.42 Å². The number of hydrogen-bond acceptors (Lipinski definition) is 1. The molecule has 0 radical (unpaired) electrons. The topological polar surface area (TPSA) is 43.1 Å². The molecule has 0 heterocycles. The zero-order valence-corrected chi connectivity index (χ0v) is 8.35.